The summed E-state index contributed by atoms with van der Waals surface area (Å²) in [5.41, 5.74) is 7.60. The van der Waals surface area contributed by atoms with Crippen molar-refractivity contribution < 1.29 is 18.3 Å². The molecule has 3 aromatic rings. The maximum absolute atomic E-state index is 13.1. The Hall–Kier alpha value is -3.22. The number of aromatic nitrogens is 2. The number of nitrogen functional groups attached to an aromatic ring is 1. The molecule has 0 aliphatic heterocycles. The van der Waals surface area contributed by atoms with Gasteiger partial charge in [0.1, 0.15) is 5.82 Å². The number of benzene rings is 2. The van der Waals surface area contributed by atoms with Crippen LogP contribution in [0.3, 0.4) is 0 Å². The van der Waals surface area contributed by atoms with E-state index in [0.717, 1.165) is 23.3 Å². The van der Waals surface area contributed by atoms with E-state index in [4.69, 9.17) is 14.9 Å². The molecule has 0 fully saturated rings. The zero-order chi connectivity index (χ0) is 18.0. The SMILES string of the molecule is Cc1ccc(-c2nnc(C(C)OC(=O)c3ccc(F)cc3N)o2)cc1. The van der Waals surface area contributed by atoms with E-state index in [9.17, 15) is 9.18 Å². The van der Waals surface area contributed by atoms with E-state index in [-0.39, 0.29) is 17.1 Å². The summed E-state index contributed by atoms with van der Waals surface area (Å²) in [7, 11) is 0. The largest absolute Gasteiger partial charge is 0.449 e. The summed E-state index contributed by atoms with van der Waals surface area (Å²) < 4.78 is 23.9. The molecule has 0 aliphatic carbocycles. The molecule has 0 bridgehead atoms. The third-order valence-corrected chi connectivity index (χ3v) is 3.60. The van der Waals surface area contributed by atoms with Crippen LogP contribution in [0.4, 0.5) is 10.1 Å². The van der Waals surface area contributed by atoms with Crippen molar-refractivity contribution in [3.63, 3.8) is 0 Å². The minimum atomic E-state index is -0.774. The van der Waals surface area contributed by atoms with Crippen molar-refractivity contribution in [1.82, 2.24) is 10.2 Å². The highest BCUT2D eigenvalue weighted by Gasteiger charge is 2.21. The van der Waals surface area contributed by atoms with E-state index < -0.39 is 17.9 Å². The quantitative estimate of drug-likeness (QED) is 0.575. The van der Waals surface area contributed by atoms with Gasteiger partial charge in [-0.1, -0.05) is 17.7 Å². The fraction of sp³-hybridized carbons (Fsp3) is 0.167. The van der Waals surface area contributed by atoms with Gasteiger partial charge in [-0.3, -0.25) is 0 Å². The second-order valence-corrected chi connectivity index (χ2v) is 5.59. The number of carbonyl (C=O) groups is 1. The number of rotatable bonds is 4. The summed E-state index contributed by atoms with van der Waals surface area (Å²) >= 11 is 0. The van der Waals surface area contributed by atoms with Crippen molar-refractivity contribution in [2.75, 3.05) is 5.73 Å². The molecule has 0 spiro atoms. The number of nitrogens with two attached hydrogens (primary N) is 1. The normalized spacial score (nSPS) is 12.0. The van der Waals surface area contributed by atoms with Crippen LogP contribution in [0, 0.1) is 12.7 Å². The number of ether oxygens (including phenoxy) is 1. The molecular weight excluding hydrogens is 325 g/mol. The summed E-state index contributed by atoms with van der Waals surface area (Å²) in [5, 5.41) is 7.88. The smallest absolute Gasteiger partial charge is 0.341 e. The fourth-order valence-electron chi connectivity index (χ4n) is 2.21. The number of aryl methyl sites for hydroxylation is 1. The van der Waals surface area contributed by atoms with Crippen LogP contribution in [0.5, 0.6) is 0 Å². The van der Waals surface area contributed by atoms with Crippen LogP contribution in [-0.4, -0.2) is 16.2 Å². The highest BCUT2D eigenvalue weighted by Crippen LogP contribution is 2.24. The molecule has 1 heterocycles. The summed E-state index contributed by atoms with van der Waals surface area (Å²) in [6, 6.07) is 11.1. The third kappa shape index (κ3) is 3.65. The van der Waals surface area contributed by atoms with Crippen molar-refractivity contribution in [3.8, 4) is 11.5 Å². The Kier molecular flexibility index (Phi) is 4.47. The molecule has 6 nitrogen and oxygen atoms in total. The highest BCUT2D eigenvalue weighted by molar-refractivity contribution is 5.95. The molecule has 0 radical (unpaired) electrons. The maximum atomic E-state index is 13.1. The molecule has 1 unspecified atom stereocenters. The van der Waals surface area contributed by atoms with E-state index in [1.165, 1.54) is 6.07 Å². The third-order valence-electron chi connectivity index (χ3n) is 3.60. The summed E-state index contributed by atoms with van der Waals surface area (Å²) in [6.45, 7) is 3.58. The molecule has 0 saturated carbocycles. The Morgan fingerprint density at radius 3 is 2.60 bits per heavy atom. The minimum Gasteiger partial charge on any atom is -0.449 e. The lowest BCUT2D eigenvalue weighted by molar-refractivity contribution is 0.0281. The van der Waals surface area contributed by atoms with Crippen molar-refractivity contribution in [3.05, 3.63) is 65.3 Å². The Morgan fingerprint density at radius 1 is 1.20 bits per heavy atom. The van der Waals surface area contributed by atoms with Crippen LogP contribution < -0.4 is 5.73 Å². The maximum Gasteiger partial charge on any atom is 0.341 e. The lowest BCUT2D eigenvalue weighted by atomic mass is 10.1. The monoisotopic (exact) mass is 341 g/mol. The van der Waals surface area contributed by atoms with E-state index in [0.29, 0.717) is 5.89 Å². The van der Waals surface area contributed by atoms with Crippen molar-refractivity contribution in [1.29, 1.82) is 0 Å². The van der Waals surface area contributed by atoms with Gasteiger partial charge in [0.25, 0.3) is 5.89 Å². The van der Waals surface area contributed by atoms with Gasteiger partial charge in [-0.15, -0.1) is 10.2 Å². The Labute approximate surface area is 143 Å². The lowest BCUT2D eigenvalue weighted by Gasteiger charge is -2.10. The first-order chi connectivity index (χ1) is 11.9. The first-order valence-electron chi connectivity index (χ1n) is 7.60. The van der Waals surface area contributed by atoms with Gasteiger partial charge in [-0.2, -0.15) is 0 Å². The average molecular weight is 341 g/mol. The zero-order valence-electron chi connectivity index (χ0n) is 13.7. The van der Waals surface area contributed by atoms with Gasteiger partial charge in [0.05, 0.1) is 5.56 Å². The summed E-state index contributed by atoms with van der Waals surface area (Å²) in [6.07, 6.45) is -0.774. The van der Waals surface area contributed by atoms with Crippen LogP contribution in [0.1, 0.15) is 34.8 Å². The van der Waals surface area contributed by atoms with Gasteiger partial charge < -0.3 is 14.9 Å². The molecular formula is C18H16FN3O3. The van der Waals surface area contributed by atoms with Gasteiger partial charge in [-0.25, -0.2) is 9.18 Å². The second-order valence-electron chi connectivity index (χ2n) is 5.59. The first-order valence-corrected chi connectivity index (χ1v) is 7.60. The Morgan fingerprint density at radius 2 is 1.92 bits per heavy atom. The van der Waals surface area contributed by atoms with Gasteiger partial charge >= 0.3 is 5.97 Å². The van der Waals surface area contributed by atoms with E-state index >= 15 is 0 Å². The minimum absolute atomic E-state index is 0.00285. The molecule has 128 valence electrons. The summed E-state index contributed by atoms with van der Waals surface area (Å²) in [5.74, 6) is -0.731. The molecule has 2 N–H and O–H groups in total. The van der Waals surface area contributed by atoms with E-state index in [1.807, 2.05) is 31.2 Å². The molecule has 2 aromatic carbocycles. The van der Waals surface area contributed by atoms with Crippen molar-refractivity contribution in [2.24, 2.45) is 0 Å². The molecule has 0 saturated heterocycles. The average Bonchev–Trinajstić information content (AvgIpc) is 3.05. The molecule has 3 rings (SSSR count). The Bertz CT molecular complexity index is 906. The molecule has 1 atom stereocenters. The first kappa shape index (κ1) is 16.6. The van der Waals surface area contributed by atoms with Crippen LogP contribution >= 0.6 is 0 Å². The van der Waals surface area contributed by atoms with Crippen LogP contribution in [0.15, 0.2) is 46.9 Å². The van der Waals surface area contributed by atoms with E-state index in [2.05, 4.69) is 10.2 Å². The van der Waals surface area contributed by atoms with E-state index in [1.54, 1.807) is 6.92 Å². The number of esters is 1. The van der Waals surface area contributed by atoms with Gasteiger partial charge in [0.15, 0.2) is 6.10 Å². The molecule has 0 amide bonds. The lowest BCUT2D eigenvalue weighted by Crippen LogP contribution is -2.11. The fourth-order valence-corrected chi connectivity index (χ4v) is 2.21. The number of hydrogen-bond acceptors (Lipinski definition) is 6. The number of anilines is 1. The van der Waals surface area contributed by atoms with Gasteiger partial charge in [-0.05, 0) is 44.2 Å². The number of hydrogen-bond donors (Lipinski definition) is 1. The van der Waals surface area contributed by atoms with Crippen LogP contribution in [0.25, 0.3) is 11.5 Å². The second kappa shape index (κ2) is 6.72. The molecule has 0 aliphatic rings. The van der Waals surface area contributed by atoms with Crippen molar-refractivity contribution >= 4 is 11.7 Å². The van der Waals surface area contributed by atoms with Gasteiger partial charge in [0, 0.05) is 11.3 Å². The molecule has 1 aromatic heterocycles. The van der Waals surface area contributed by atoms with Crippen LogP contribution in [-0.2, 0) is 4.74 Å². The zero-order valence-corrected chi connectivity index (χ0v) is 13.7. The topological polar surface area (TPSA) is 91.2 Å². The standard InChI is InChI=1S/C18H16FN3O3/c1-10-3-5-12(6-4-10)17-22-21-16(25-17)11(2)24-18(23)14-8-7-13(19)9-15(14)20/h3-9,11H,20H2,1-2H3. The summed E-state index contributed by atoms with van der Waals surface area (Å²) in [4.78, 5) is 12.2. The molecule has 7 heteroatoms. The number of halogens is 1. The highest BCUT2D eigenvalue weighted by atomic mass is 19.1. The van der Waals surface area contributed by atoms with Gasteiger partial charge in [0.2, 0.25) is 5.89 Å². The predicted octanol–water partition coefficient (Wildman–Crippen LogP) is 3.68. The predicted molar refractivity (Wildman–Crippen MR) is 89.1 cm³/mol. The Balaban J connectivity index is 1.74. The number of nitrogens with zero attached hydrogens (tertiary/aromatic N) is 2. The number of carbonyl (C=O) groups excluding carboxylic acids is 1. The van der Waals surface area contributed by atoms with Crippen molar-refractivity contribution in [2.45, 2.75) is 20.0 Å². The van der Waals surface area contributed by atoms with Crippen LogP contribution in [0.2, 0.25) is 0 Å². The molecule has 25 heavy (non-hydrogen) atoms.